The number of H-pyrrole nitrogens is 2. The van der Waals surface area contributed by atoms with Gasteiger partial charge in [0, 0.05) is 7.11 Å². The summed E-state index contributed by atoms with van der Waals surface area (Å²) in [6.07, 6.45) is 0.633. The first-order valence-electron chi connectivity index (χ1n) is 4.82. The number of hydrogen-bond acceptors (Lipinski definition) is 6. The summed E-state index contributed by atoms with van der Waals surface area (Å²) in [7, 11) is 1.55. The molecule has 16 heavy (non-hydrogen) atoms. The van der Waals surface area contributed by atoms with Crippen LogP contribution in [0.15, 0.2) is 9.59 Å². The normalized spacial score (nSPS) is 12.4. The molecule has 1 aromatic rings. The van der Waals surface area contributed by atoms with Gasteiger partial charge in [-0.1, -0.05) is 0 Å². The number of nitrogens with one attached hydrogen (secondary N) is 3. The van der Waals surface area contributed by atoms with Crippen LogP contribution < -0.4 is 22.3 Å². The van der Waals surface area contributed by atoms with Gasteiger partial charge in [-0.15, -0.1) is 5.10 Å². The predicted molar refractivity (Wildman–Crippen MR) is 58.4 cm³/mol. The molecule has 0 saturated carbocycles. The average molecular weight is 229 g/mol. The zero-order valence-electron chi connectivity index (χ0n) is 8.95. The van der Waals surface area contributed by atoms with E-state index in [0.717, 1.165) is 0 Å². The van der Waals surface area contributed by atoms with Gasteiger partial charge >= 0.3 is 5.69 Å². The number of rotatable bonds is 6. The van der Waals surface area contributed by atoms with Crippen molar-refractivity contribution in [2.45, 2.75) is 12.5 Å². The van der Waals surface area contributed by atoms with Crippen LogP contribution in [0.25, 0.3) is 0 Å². The van der Waals surface area contributed by atoms with E-state index in [4.69, 9.17) is 10.5 Å². The summed E-state index contributed by atoms with van der Waals surface area (Å²) in [5.41, 5.74) is 4.21. The second-order valence-corrected chi connectivity index (χ2v) is 3.23. The molecule has 0 aliphatic carbocycles. The third kappa shape index (κ3) is 3.48. The fourth-order valence-corrected chi connectivity index (χ4v) is 1.24. The van der Waals surface area contributed by atoms with Crippen LogP contribution in [0.2, 0.25) is 0 Å². The zero-order chi connectivity index (χ0) is 12.0. The highest BCUT2D eigenvalue weighted by Crippen LogP contribution is 1.98. The molecule has 8 nitrogen and oxygen atoms in total. The first-order valence-corrected chi connectivity index (χ1v) is 4.82. The number of ether oxygens (including phenoxy) is 1. The summed E-state index contributed by atoms with van der Waals surface area (Å²) in [6, 6.07) is -0.116. The highest BCUT2D eigenvalue weighted by Gasteiger charge is 2.10. The van der Waals surface area contributed by atoms with Crippen LogP contribution in [-0.2, 0) is 4.74 Å². The van der Waals surface area contributed by atoms with Crippen LogP contribution in [0.5, 0.6) is 0 Å². The monoisotopic (exact) mass is 229 g/mol. The fraction of sp³-hybridized carbons (Fsp3) is 0.625. The van der Waals surface area contributed by atoms with Crippen LogP contribution in [0, 0.1) is 0 Å². The van der Waals surface area contributed by atoms with Crippen molar-refractivity contribution in [2.24, 2.45) is 5.73 Å². The lowest BCUT2D eigenvalue weighted by Gasteiger charge is -2.16. The minimum Gasteiger partial charge on any atom is -0.383 e. The predicted octanol–water partition coefficient (Wildman–Crippen LogP) is -1.77. The van der Waals surface area contributed by atoms with Crippen LogP contribution in [0.4, 0.5) is 5.82 Å². The van der Waals surface area contributed by atoms with Gasteiger partial charge in [-0.05, 0) is 13.0 Å². The molecule has 0 fully saturated rings. The van der Waals surface area contributed by atoms with Crippen LogP contribution in [0.3, 0.4) is 0 Å². The van der Waals surface area contributed by atoms with Crippen molar-refractivity contribution < 1.29 is 4.74 Å². The summed E-state index contributed by atoms with van der Waals surface area (Å²) >= 11 is 0. The molecular weight excluding hydrogens is 214 g/mol. The molecular formula is C8H15N5O3. The van der Waals surface area contributed by atoms with E-state index in [9.17, 15) is 9.59 Å². The second-order valence-electron chi connectivity index (χ2n) is 3.23. The van der Waals surface area contributed by atoms with Crippen LogP contribution >= 0.6 is 0 Å². The lowest BCUT2D eigenvalue weighted by atomic mass is 10.2. The Morgan fingerprint density at radius 2 is 2.31 bits per heavy atom. The summed E-state index contributed by atoms with van der Waals surface area (Å²) in [6.45, 7) is 0.861. The Morgan fingerprint density at radius 1 is 1.56 bits per heavy atom. The smallest absolute Gasteiger partial charge is 0.342 e. The Bertz CT molecular complexity index is 420. The highest BCUT2D eigenvalue weighted by molar-refractivity contribution is 5.30. The molecule has 0 amide bonds. The first-order chi connectivity index (χ1) is 7.67. The van der Waals surface area contributed by atoms with Gasteiger partial charge in [0.1, 0.15) is 0 Å². The van der Waals surface area contributed by atoms with Crippen molar-refractivity contribution in [3.05, 3.63) is 20.8 Å². The number of anilines is 1. The Hall–Kier alpha value is -1.67. The number of aromatic nitrogens is 3. The molecule has 8 heteroatoms. The van der Waals surface area contributed by atoms with Crippen LogP contribution in [-0.4, -0.2) is 41.5 Å². The molecule has 1 unspecified atom stereocenters. The molecule has 1 heterocycles. The Balaban J connectivity index is 2.76. The van der Waals surface area contributed by atoms with E-state index in [-0.39, 0.29) is 11.9 Å². The van der Waals surface area contributed by atoms with Crippen molar-refractivity contribution >= 4 is 5.82 Å². The molecule has 0 radical (unpaired) electrons. The summed E-state index contributed by atoms with van der Waals surface area (Å²) in [4.78, 5) is 24.1. The second kappa shape index (κ2) is 6.03. The maximum absolute atomic E-state index is 11.3. The Labute approximate surface area is 91.2 Å². The number of methoxy groups -OCH3 is 1. The fourth-order valence-electron chi connectivity index (χ4n) is 1.24. The Morgan fingerprint density at radius 3 is 2.88 bits per heavy atom. The third-order valence-electron chi connectivity index (χ3n) is 1.94. The van der Waals surface area contributed by atoms with E-state index in [0.29, 0.717) is 19.6 Å². The van der Waals surface area contributed by atoms with Crippen molar-refractivity contribution in [1.82, 2.24) is 15.2 Å². The summed E-state index contributed by atoms with van der Waals surface area (Å²) in [5.74, 6) is 0.0510. The third-order valence-corrected chi connectivity index (χ3v) is 1.94. The Kier molecular flexibility index (Phi) is 4.67. The van der Waals surface area contributed by atoms with Gasteiger partial charge < -0.3 is 15.8 Å². The van der Waals surface area contributed by atoms with Crippen LogP contribution in [0.1, 0.15) is 6.42 Å². The number of nitrogens with zero attached hydrogens (tertiary/aromatic N) is 1. The molecule has 0 saturated heterocycles. The highest BCUT2D eigenvalue weighted by atomic mass is 16.5. The maximum atomic E-state index is 11.3. The van der Waals surface area contributed by atoms with Gasteiger partial charge in [0.15, 0.2) is 0 Å². The van der Waals surface area contributed by atoms with Gasteiger partial charge in [-0.3, -0.25) is 9.78 Å². The number of nitrogens with two attached hydrogens (primary N) is 1. The molecule has 1 aromatic heterocycles. The topological polar surface area (TPSA) is 126 Å². The van der Waals surface area contributed by atoms with Crippen molar-refractivity contribution in [3.63, 3.8) is 0 Å². The molecule has 1 rings (SSSR count). The van der Waals surface area contributed by atoms with Gasteiger partial charge in [0.25, 0.3) is 5.56 Å². The van der Waals surface area contributed by atoms with Gasteiger partial charge in [0.05, 0.1) is 12.6 Å². The van der Waals surface area contributed by atoms with E-state index in [2.05, 4.69) is 20.5 Å². The zero-order valence-corrected chi connectivity index (χ0v) is 8.95. The molecule has 0 aliphatic heterocycles. The number of hydrogen-bond donors (Lipinski definition) is 4. The van der Waals surface area contributed by atoms with E-state index in [1.165, 1.54) is 0 Å². The molecule has 0 aliphatic rings. The molecule has 1 atom stereocenters. The molecule has 0 spiro atoms. The minimum absolute atomic E-state index is 0.0510. The van der Waals surface area contributed by atoms with Crippen molar-refractivity contribution in [2.75, 3.05) is 25.6 Å². The quantitative estimate of drug-likeness (QED) is 0.457. The molecule has 0 aromatic carbocycles. The lowest BCUT2D eigenvalue weighted by molar-refractivity contribution is 0.183. The molecule has 0 bridgehead atoms. The van der Waals surface area contributed by atoms with E-state index in [1.807, 2.05) is 0 Å². The van der Waals surface area contributed by atoms with Gasteiger partial charge in [-0.25, -0.2) is 9.89 Å². The molecule has 90 valence electrons. The lowest BCUT2D eigenvalue weighted by Crippen LogP contribution is -2.34. The summed E-state index contributed by atoms with van der Waals surface area (Å²) < 4.78 is 4.96. The average Bonchev–Trinajstić information content (AvgIpc) is 2.23. The van der Waals surface area contributed by atoms with E-state index < -0.39 is 11.2 Å². The number of aromatic amines is 2. The molecule has 5 N–H and O–H groups in total. The van der Waals surface area contributed by atoms with E-state index in [1.54, 1.807) is 7.11 Å². The largest absolute Gasteiger partial charge is 0.383 e. The van der Waals surface area contributed by atoms with E-state index >= 15 is 0 Å². The van der Waals surface area contributed by atoms with Gasteiger partial charge in [-0.2, -0.15) is 0 Å². The SMILES string of the molecule is COCC(CCN)Nc1n[nH]c(=O)[nH]c1=O. The minimum atomic E-state index is -0.641. The first kappa shape index (κ1) is 12.4. The van der Waals surface area contributed by atoms with Gasteiger partial charge in [0.2, 0.25) is 5.82 Å². The van der Waals surface area contributed by atoms with Crippen molar-refractivity contribution in [3.8, 4) is 0 Å². The maximum Gasteiger partial charge on any atom is 0.342 e. The van der Waals surface area contributed by atoms with Crippen molar-refractivity contribution in [1.29, 1.82) is 0 Å². The summed E-state index contributed by atoms with van der Waals surface area (Å²) in [5, 5.41) is 8.57. The standard InChI is InChI=1S/C8H15N5O3/c1-16-4-5(2-3-9)10-6-7(14)11-8(15)13-12-6/h5H,2-4,9H2,1H3,(H,10,12)(H2,11,13,14,15).